The predicted molar refractivity (Wildman–Crippen MR) is 69.9 cm³/mol. The van der Waals surface area contributed by atoms with Gasteiger partial charge in [-0.3, -0.25) is 4.79 Å². The molecule has 0 radical (unpaired) electrons. The first kappa shape index (κ1) is 11.9. The summed E-state index contributed by atoms with van der Waals surface area (Å²) in [5, 5.41) is 6.29. The predicted octanol–water partition coefficient (Wildman–Crippen LogP) is 2.24. The van der Waals surface area contributed by atoms with Crippen LogP contribution in [0, 0.1) is 0 Å². The number of hydrogen-bond acceptors (Lipinski definition) is 2. The van der Waals surface area contributed by atoms with Crippen molar-refractivity contribution in [2.45, 2.75) is 26.8 Å². The summed E-state index contributed by atoms with van der Waals surface area (Å²) < 4.78 is 0. The molecule has 2 N–H and O–H groups in total. The molecule has 1 aliphatic heterocycles. The van der Waals surface area contributed by atoms with Crippen LogP contribution in [0.3, 0.4) is 0 Å². The van der Waals surface area contributed by atoms with Gasteiger partial charge in [0.1, 0.15) is 0 Å². The Labute approximate surface area is 102 Å². The van der Waals surface area contributed by atoms with Crippen LogP contribution in [-0.4, -0.2) is 12.5 Å². The van der Waals surface area contributed by atoms with Gasteiger partial charge in [0, 0.05) is 18.3 Å². The zero-order valence-electron chi connectivity index (χ0n) is 10.3. The Morgan fingerprint density at radius 2 is 2.24 bits per heavy atom. The van der Waals surface area contributed by atoms with Crippen LogP contribution in [0.25, 0.3) is 0 Å². The molecule has 0 spiro atoms. The lowest BCUT2D eigenvalue weighted by molar-refractivity contribution is -0.111. The topological polar surface area (TPSA) is 41.1 Å². The number of rotatable bonds is 2. The van der Waals surface area contributed by atoms with Crippen LogP contribution in [-0.2, 0) is 17.8 Å². The van der Waals surface area contributed by atoms with Crippen molar-refractivity contribution in [1.29, 1.82) is 0 Å². The van der Waals surface area contributed by atoms with E-state index >= 15 is 0 Å². The first-order chi connectivity index (χ1) is 8.16. The second-order valence-electron chi connectivity index (χ2n) is 4.58. The van der Waals surface area contributed by atoms with E-state index in [9.17, 15) is 4.79 Å². The number of allylic oxidation sites excluding steroid dienone is 1. The molecule has 0 atom stereocenters. The van der Waals surface area contributed by atoms with Gasteiger partial charge >= 0.3 is 0 Å². The standard InChI is InChI=1S/C14H18N2O/c1-10(2)8-14(17)16-13-5-3-4-11-9-15-7-6-12(11)13/h3-5,8,15H,6-7,9H2,1-2H3,(H,16,17). The molecule has 0 aliphatic carbocycles. The van der Waals surface area contributed by atoms with Gasteiger partial charge in [0.2, 0.25) is 5.91 Å². The zero-order valence-corrected chi connectivity index (χ0v) is 10.3. The van der Waals surface area contributed by atoms with E-state index in [0.717, 1.165) is 30.8 Å². The molecule has 0 unspecified atom stereocenters. The van der Waals surface area contributed by atoms with E-state index in [1.165, 1.54) is 11.1 Å². The van der Waals surface area contributed by atoms with Gasteiger partial charge < -0.3 is 10.6 Å². The van der Waals surface area contributed by atoms with Crippen molar-refractivity contribution in [2.24, 2.45) is 0 Å². The lowest BCUT2D eigenvalue weighted by atomic mass is 9.99. The fourth-order valence-corrected chi connectivity index (χ4v) is 2.08. The summed E-state index contributed by atoms with van der Waals surface area (Å²) in [7, 11) is 0. The van der Waals surface area contributed by atoms with Crippen LogP contribution in [0.2, 0.25) is 0 Å². The Hall–Kier alpha value is -1.61. The molecular weight excluding hydrogens is 212 g/mol. The smallest absolute Gasteiger partial charge is 0.248 e. The maximum atomic E-state index is 11.7. The fraction of sp³-hybridized carbons (Fsp3) is 0.357. The Morgan fingerprint density at radius 1 is 1.41 bits per heavy atom. The van der Waals surface area contributed by atoms with Gasteiger partial charge in [-0.25, -0.2) is 0 Å². The third-order valence-electron chi connectivity index (χ3n) is 2.82. The third-order valence-corrected chi connectivity index (χ3v) is 2.82. The minimum absolute atomic E-state index is 0.0445. The van der Waals surface area contributed by atoms with Gasteiger partial charge in [0.25, 0.3) is 0 Å². The van der Waals surface area contributed by atoms with Crippen LogP contribution in [0.4, 0.5) is 5.69 Å². The molecule has 1 aromatic rings. The van der Waals surface area contributed by atoms with Crippen LogP contribution < -0.4 is 10.6 Å². The van der Waals surface area contributed by atoms with Crippen LogP contribution in [0.1, 0.15) is 25.0 Å². The number of nitrogens with one attached hydrogen (secondary N) is 2. The molecule has 0 saturated carbocycles. The fourth-order valence-electron chi connectivity index (χ4n) is 2.08. The van der Waals surface area contributed by atoms with E-state index in [2.05, 4.69) is 16.7 Å². The molecule has 1 aliphatic rings. The Morgan fingerprint density at radius 3 is 3.00 bits per heavy atom. The first-order valence-electron chi connectivity index (χ1n) is 5.94. The number of anilines is 1. The summed E-state index contributed by atoms with van der Waals surface area (Å²) in [6.07, 6.45) is 2.60. The summed E-state index contributed by atoms with van der Waals surface area (Å²) in [4.78, 5) is 11.7. The molecule has 0 saturated heterocycles. The molecule has 0 aromatic heterocycles. The number of carbonyl (C=O) groups excluding carboxylic acids is 1. The van der Waals surface area contributed by atoms with E-state index in [1.807, 2.05) is 26.0 Å². The maximum Gasteiger partial charge on any atom is 0.248 e. The van der Waals surface area contributed by atoms with E-state index < -0.39 is 0 Å². The first-order valence-corrected chi connectivity index (χ1v) is 5.94. The monoisotopic (exact) mass is 230 g/mol. The van der Waals surface area contributed by atoms with Gasteiger partial charge in [-0.15, -0.1) is 0 Å². The van der Waals surface area contributed by atoms with Gasteiger partial charge in [-0.05, 0) is 44.0 Å². The van der Waals surface area contributed by atoms with E-state index in [1.54, 1.807) is 6.08 Å². The lowest BCUT2D eigenvalue weighted by Gasteiger charge is -2.20. The van der Waals surface area contributed by atoms with E-state index in [0.29, 0.717) is 0 Å². The van der Waals surface area contributed by atoms with Crippen LogP contribution >= 0.6 is 0 Å². The van der Waals surface area contributed by atoms with Gasteiger partial charge in [-0.1, -0.05) is 17.7 Å². The van der Waals surface area contributed by atoms with E-state index in [4.69, 9.17) is 0 Å². The SMILES string of the molecule is CC(C)=CC(=O)Nc1cccc2c1CCNC2. The molecule has 1 heterocycles. The molecule has 2 rings (SSSR count). The molecule has 1 aromatic carbocycles. The summed E-state index contributed by atoms with van der Waals surface area (Å²) in [6.45, 7) is 5.71. The summed E-state index contributed by atoms with van der Waals surface area (Å²) >= 11 is 0. The minimum atomic E-state index is -0.0445. The molecule has 90 valence electrons. The van der Waals surface area contributed by atoms with Crippen molar-refractivity contribution in [1.82, 2.24) is 5.32 Å². The number of hydrogen-bond donors (Lipinski definition) is 2. The molecule has 3 heteroatoms. The molecule has 0 bridgehead atoms. The quantitative estimate of drug-likeness (QED) is 0.765. The number of fused-ring (bicyclic) bond motifs is 1. The van der Waals surface area contributed by atoms with E-state index in [-0.39, 0.29) is 5.91 Å². The van der Waals surface area contributed by atoms with Gasteiger partial charge in [-0.2, -0.15) is 0 Å². The Kier molecular flexibility index (Phi) is 3.59. The second-order valence-corrected chi connectivity index (χ2v) is 4.58. The maximum absolute atomic E-state index is 11.7. The van der Waals surface area contributed by atoms with Crippen molar-refractivity contribution in [3.8, 4) is 0 Å². The summed E-state index contributed by atoms with van der Waals surface area (Å²) in [5.41, 5.74) is 4.51. The molecule has 1 amide bonds. The van der Waals surface area contributed by atoms with Crippen LogP contribution in [0.5, 0.6) is 0 Å². The number of amides is 1. The largest absolute Gasteiger partial charge is 0.322 e. The minimum Gasteiger partial charge on any atom is -0.322 e. The zero-order chi connectivity index (χ0) is 12.3. The highest BCUT2D eigenvalue weighted by Gasteiger charge is 2.13. The van der Waals surface area contributed by atoms with Crippen molar-refractivity contribution in [2.75, 3.05) is 11.9 Å². The Bertz CT molecular complexity index is 459. The number of benzene rings is 1. The molecule has 0 fully saturated rings. The molecule has 17 heavy (non-hydrogen) atoms. The van der Waals surface area contributed by atoms with Crippen molar-refractivity contribution in [3.63, 3.8) is 0 Å². The molecule has 3 nitrogen and oxygen atoms in total. The highest BCUT2D eigenvalue weighted by atomic mass is 16.1. The highest BCUT2D eigenvalue weighted by Crippen LogP contribution is 2.23. The second kappa shape index (κ2) is 5.15. The average Bonchev–Trinajstić information content (AvgIpc) is 2.28. The van der Waals surface area contributed by atoms with Gasteiger partial charge in [0.15, 0.2) is 0 Å². The summed E-state index contributed by atoms with van der Waals surface area (Å²) in [6, 6.07) is 6.07. The Balaban J connectivity index is 2.21. The summed E-state index contributed by atoms with van der Waals surface area (Å²) in [5.74, 6) is -0.0445. The van der Waals surface area contributed by atoms with Crippen molar-refractivity contribution < 1.29 is 4.79 Å². The lowest BCUT2D eigenvalue weighted by Crippen LogP contribution is -2.25. The van der Waals surface area contributed by atoms with Gasteiger partial charge in [0.05, 0.1) is 0 Å². The average molecular weight is 230 g/mol. The normalized spacial score (nSPS) is 13.8. The highest BCUT2D eigenvalue weighted by molar-refractivity contribution is 6.00. The van der Waals surface area contributed by atoms with Crippen LogP contribution in [0.15, 0.2) is 29.8 Å². The molecular formula is C14H18N2O. The van der Waals surface area contributed by atoms with Crippen molar-refractivity contribution >= 4 is 11.6 Å². The number of carbonyl (C=O) groups is 1. The van der Waals surface area contributed by atoms with Crippen molar-refractivity contribution in [3.05, 3.63) is 41.0 Å². The third kappa shape index (κ3) is 2.94.